The normalized spacial score (nSPS) is 11.1. The van der Waals surface area contributed by atoms with Crippen LogP contribution in [0.2, 0.25) is 0 Å². The minimum Gasteiger partial charge on any atom is -0.478 e. The largest absolute Gasteiger partial charge is 0.478 e. The first-order valence-corrected chi connectivity index (χ1v) is 11.4. The summed E-state index contributed by atoms with van der Waals surface area (Å²) in [6.45, 7) is 1.50. The molecule has 0 saturated carbocycles. The van der Waals surface area contributed by atoms with Crippen molar-refractivity contribution in [2.75, 3.05) is 25.5 Å². The zero-order chi connectivity index (χ0) is 25.9. The molecule has 0 fully saturated rings. The van der Waals surface area contributed by atoms with Crippen molar-refractivity contribution in [1.29, 1.82) is 0 Å². The van der Waals surface area contributed by atoms with Crippen molar-refractivity contribution in [3.8, 4) is 0 Å². The van der Waals surface area contributed by atoms with Crippen molar-refractivity contribution >= 4 is 34.4 Å². The van der Waals surface area contributed by atoms with E-state index in [0.29, 0.717) is 36.3 Å². The maximum atomic E-state index is 12.3. The molecule has 9 nitrogen and oxygen atoms in total. The van der Waals surface area contributed by atoms with Crippen LogP contribution in [-0.2, 0) is 27.5 Å². The SMILES string of the molecule is CN(CCCN(O)C(=O)/C=C/C(=O)O)Cc1ccc(COC(=O)Nc2cccc3ccccc23)cc1. The van der Waals surface area contributed by atoms with E-state index in [2.05, 4.69) is 5.32 Å². The Morgan fingerprint density at radius 2 is 1.61 bits per heavy atom. The van der Waals surface area contributed by atoms with Crippen LogP contribution in [0.5, 0.6) is 0 Å². The smallest absolute Gasteiger partial charge is 0.411 e. The van der Waals surface area contributed by atoms with Crippen LogP contribution in [0.15, 0.2) is 78.9 Å². The van der Waals surface area contributed by atoms with Gasteiger partial charge in [-0.05, 0) is 42.6 Å². The van der Waals surface area contributed by atoms with Crippen molar-refractivity contribution in [2.24, 2.45) is 0 Å². The molecule has 0 bridgehead atoms. The third kappa shape index (κ3) is 8.23. The lowest BCUT2D eigenvalue weighted by atomic mass is 10.1. The third-order valence-electron chi connectivity index (χ3n) is 5.40. The molecule has 188 valence electrons. The van der Waals surface area contributed by atoms with E-state index in [1.807, 2.05) is 78.7 Å². The quantitative estimate of drug-likeness (QED) is 0.208. The molecule has 2 amide bonds. The average Bonchev–Trinajstić information content (AvgIpc) is 2.87. The Kier molecular flexibility index (Phi) is 9.56. The Labute approximate surface area is 209 Å². The molecule has 0 saturated heterocycles. The van der Waals surface area contributed by atoms with Crippen LogP contribution < -0.4 is 5.32 Å². The molecule has 9 heteroatoms. The Bertz CT molecular complexity index is 1220. The predicted octanol–water partition coefficient (Wildman–Crippen LogP) is 4.27. The van der Waals surface area contributed by atoms with Gasteiger partial charge in [-0.2, -0.15) is 0 Å². The molecule has 0 atom stereocenters. The van der Waals surface area contributed by atoms with Crippen LogP contribution in [0.1, 0.15) is 17.5 Å². The standard InChI is InChI=1S/C27H29N3O6/c1-29(16-5-17-30(35)25(31)14-15-26(32)33)18-20-10-12-21(13-11-20)19-36-27(34)28-24-9-4-7-22-6-2-3-8-23(22)24/h2-4,6-15,35H,5,16-19H2,1H3,(H,28,34)(H,32,33)/b15-14+. The molecular weight excluding hydrogens is 462 g/mol. The number of amides is 2. The Morgan fingerprint density at radius 1 is 0.917 bits per heavy atom. The molecule has 0 aliphatic heterocycles. The number of carbonyl (C=O) groups is 3. The number of nitrogens with zero attached hydrogens (tertiary/aromatic N) is 2. The summed E-state index contributed by atoms with van der Waals surface area (Å²) in [4.78, 5) is 36.3. The van der Waals surface area contributed by atoms with Gasteiger partial charge in [-0.3, -0.25) is 15.3 Å². The number of fused-ring (bicyclic) bond motifs is 1. The summed E-state index contributed by atoms with van der Waals surface area (Å²) in [6, 6.07) is 21.2. The number of hydrogen-bond acceptors (Lipinski definition) is 6. The molecule has 0 heterocycles. The van der Waals surface area contributed by atoms with Crippen LogP contribution >= 0.6 is 0 Å². The van der Waals surface area contributed by atoms with E-state index in [0.717, 1.165) is 28.0 Å². The molecule has 3 rings (SSSR count). The van der Waals surface area contributed by atoms with Crippen molar-refractivity contribution in [3.63, 3.8) is 0 Å². The maximum absolute atomic E-state index is 12.3. The number of hydrogen-bond donors (Lipinski definition) is 3. The summed E-state index contributed by atoms with van der Waals surface area (Å²) < 4.78 is 5.37. The second kappa shape index (κ2) is 13.0. The second-order valence-electron chi connectivity index (χ2n) is 8.27. The first-order valence-electron chi connectivity index (χ1n) is 11.4. The maximum Gasteiger partial charge on any atom is 0.411 e. The topological polar surface area (TPSA) is 119 Å². The summed E-state index contributed by atoms with van der Waals surface area (Å²) in [5.41, 5.74) is 2.61. The van der Waals surface area contributed by atoms with E-state index >= 15 is 0 Å². The van der Waals surface area contributed by atoms with Crippen LogP contribution in [0, 0.1) is 0 Å². The van der Waals surface area contributed by atoms with Gasteiger partial charge in [0.15, 0.2) is 0 Å². The Hall–Kier alpha value is -4.21. The fourth-order valence-corrected chi connectivity index (χ4v) is 3.59. The number of anilines is 1. The highest BCUT2D eigenvalue weighted by atomic mass is 16.5. The molecule has 36 heavy (non-hydrogen) atoms. The van der Waals surface area contributed by atoms with Gasteiger partial charge in [0.2, 0.25) is 0 Å². The van der Waals surface area contributed by atoms with Gasteiger partial charge in [-0.15, -0.1) is 0 Å². The second-order valence-corrected chi connectivity index (χ2v) is 8.27. The molecule has 3 aromatic rings. The van der Waals surface area contributed by atoms with Gasteiger partial charge in [-0.25, -0.2) is 14.7 Å². The van der Waals surface area contributed by atoms with Gasteiger partial charge in [0.25, 0.3) is 5.91 Å². The highest BCUT2D eigenvalue weighted by molar-refractivity contribution is 6.00. The van der Waals surface area contributed by atoms with Crippen molar-refractivity contribution in [2.45, 2.75) is 19.6 Å². The van der Waals surface area contributed by atoms with Crippen LogP contribution in [0.25, 0.3) is 10.8 Å². The summed E-state index contributed by atoms with van der Waals surface area (Å²) in [6.07, 6.45) is 1.48. The number of aliphatic carboxylic acids is 1. The monoisotopic (exact) mass is 491 g/mol. The fourth-order valence-electron chi connectivity index (χ4n) is 3.59. The number of nitrogens with one attached hydrogen (secondary N) is 1. The van der Waals surface area contributed by atoms with Crippen molar-refractivity contribution in [3.05, 3.63) is 90.0 Å². The van der Waals surface area contributed by atoms with Crippen LogP contribution in [-0.4, -0.2) is 58.4 Å². The fraction of sp³-hybridized carbons (Fsp3) is 0.222. The number of carboxylic acids is 1. The van der Waals surface area contributed by atoms with Crippen molar-refractivity contribution in [1.82, 2.24) is 9.96 Å². The average molecular weight is 492 g/mol. The number of rotatable bonds is 11. The molecule has 0 aliphatic carbocycles. The molecular formula is C27H29N3O6. The van der Waals surface area contributed by atoms with Gasteiger partial charge in [-0.1, -0.05) is 60.7 Å². The minimum atomic E-state index is -1.25. The van der Waals surface area contributed by atoms with Gasteiger partial charge in [0.05, 0.1) is 5.69 Å². The van der Waals surface area contributed by atoms with E-state index in [9.17, 15) is 19.6 Å². The summed E-state index contributed by atoms with van der Waals surface area (Å²) in [5, 5.41) is 23.5. The molecule has 3 N–H and O–H groups in total. The summed E-state index contributed by atoms with van der Waals surface area (Å²) >= 11 is 0. The number of carboxylic acid groups (broad SMARTS) is 1. The Balaban J connectivity index is 1.40. The number of hydroxylamine groups is 2. The van der Waals surface area contributed by atoms with E-state index in [1.165, 1.54) is 0 Å². The van der Waals surface area contributed by atoms with E-state index in [1.54, 1.807) is 0 Å². The molecule has 3 aromatic carbocycles. The third-order valence-corrected chi connectivity index (χ3v) is 5.40. The lowest BCUT2D eigenvalue weighted by Crippen LogP contribution is -2.29. The van der Waals surface area contributed by atoms with Crippen LogP contribution in [0.3, 0.4) is 0 Å². The molecule has 0 unspecified atom stereocenters. The minimum absolute atomic E-state index is 0.0875. The number of benzene rings is 3. The Morgan fingerprint density at radius 3 is 2.36 bits per heavy atom. The molecule has 0 aromatic heterocycles. The van der Waals surface area contributed by atoms with Gasteiger partial charge in [0.1, 0.15) is 6.61 Å². The van der Waals surface area contributed by atoms with Crippen LogP contribution in [0.4, 0.5) is 10.5 Å². The molecule has 0 radical (unpaired) electrons. The van der Waals surface area contributed by atoms with Gasteiger partial charge in [0, 0.05) is 30.6 Å². The first kappa shape index (κ1) is 26.4. The number of ether oxygens (including phenoxy) is 1. The van der Waals surface area contributed by atoms with Crippen molar-refractivity contribution < 1.29 is 29.4 Å². The summed E-state index contributed by atoms with van der Waals surface area (Å²) in [7, 11) is 1.92. The van der Waals surface area contributed by atoms with E-state index in [4.69, 9.17) is 9.84 Å². The lowest BCUT2D eigenvalue weighted by Gasteiger charge is -2.19. The lowest BCUT2D eigenvalue weighted by molar-refractivity contribution is -0.159. The highest BCUT2D eigenvalue weighted by Gasteiger charge is 2.10. The molecule has 0 spiro atoms. The number of carbonyl (C=O) groups excluding carboxylic acids is 2. The predicted molar refractivity (Wildman–Crippen MR) is 135 cm³/mol. The van der Waals surface area contributed by atoms with Gasteiger partial charge >= 0.3 is 12.1 Å². The van der Waals surface area contributed by atoms with E-state index < -0.39 is 18.0 Å². The first-order chi connectivity index (χ1) is 17.3. The zero-order valence-electron chi connectivity index (χ0n) is 20.0. The summed E-state index contributed by atoms with van der Waals surface area (Å²) in [5.74, 6) is -2.03. The zero-order valence-corrected chi connectivity index (χ0v) is 20.0. The molecule has 0 aliphatic rings. The van der Waals surface area contributed by atoms with E-state index in [-0.39, 0.29) is 13.2 Å². The van der Waals surface area contributed by atoms with Gasteiger partial charge < -0.3 is 14.7 Å². The highest BCUT2D eigenvalue weighted by Crippen LogP contribution is 2.23.